The molecule has 7 rings (SSSR count). The van der Waals surface area contributed by atoms with Crippen LogP contribution in [0.2, 0.25) is 0 Å². The second kappa shape index (κ2) is 7.31. The summed E-state index contributed by atoms with van der Waals surface area (Å²) in [5.74, 6) is -1.50. The summed E-state index contributed by atoms with van der Waals surface area (Å²) >= 11 is 0. The molecule has 2 aromatic carbocycles. The molecular weight excluding hydrogens is 468 g/mol. The summed E-state index contributed by atoms with van der Waals surface area (Å²) in [4.78, 5) is 12.9. The standard InChI is InChI=1S/C26H30N2O8/c1-12-9-14-18(19(30)17-13(20(14)31-2)5-4-6-15(17)29)21-16(12)22-23-26(32-3,35-21)24(10-28-24)25(34-22,36-23)11-33-8-7-27/h9,22-23,28,30H,4-8,10-11,27H2,1-3H3. The maximum Gasteiger partial charge on any atom is 0.264 e. The number of hydrogen-bond acceptors (Lipinski definition) is 10. The number of aromatic hydroxyl groups is 1. The summed E-state index contributed by atoms with van der Waals surface area (Å²) in [6.45, 7) is 3.43. The molecule has 2 aromatic rings. The molecule has 36 heavy (non-hydrogen) atoms. The summed E-state index contributed by atoms with van der Waals surface area (Å²) in [6, 6.07) is 1.97. The lowest BCUT2D eigenvalue weighted by atomic mass is 9.78. The van der Waals surface area contributed by atoms with E-state index in [9.17, 15) is 9.90 Å². The third-order valence-corrected chi connectivity index (χ3v) is 8.59. The summed E-state index contributed by atoms with van der Waals surface area (Å²) in [5.41, 5.74) is 7.56. The number of carbonyl (C=O) groups excluding carboxylic acids is 1. The Labute approximate surface area is 207 Å². The number of fused-ring (bicyclic) bond motifs is 8. The average molecular weight is 499 g/mol. The number of benzene rings is 2. The predicted octanol–water partition coefficient (Wildman–Crippen LogP) is 1.60. The van der Waals surface area contributed by atoms with Gasteiger partial charge in [-0.25, -0.2) is 0 Å². The molecule has 0 amide bonds. The van der Waals surface area contributed by atoms with E-state index in [4.69, 9.17) is 34.2 Å². The molecular formula is C26H30N2O8. The average Bonchev–Trinajstić information content (AvgIpc) is 3.53. The Morgan fingerprint density at radius 2 is 2.08 bits per heavy atom. The Bertz CT molecular complexity index is 1320. The maximum absolute atomic E-state index is 12.9. The number of nitrogens with one attached hydrogen (secondary N) is 1. The van der Waals surface area contributed by atoms with Gasteiger partial charge in [0.25, 0.3) is 5.79 Å². The highest BCUT2D eigenvalue weighted by atomic mass is 16.8. The highest BCUT2D eigenvalue weighted by Gasteiger charge is 2.89. The van der Waals surface area contributed by atoms with Gasteiger partial charge in [-0.05, 0) is 31.4 Å². The summed E-state index contributed by atoms with van der Waals surface area (Å²) in [5, 5.41) is 16.1. The van der Waals surface area contributed by atoms with Gasteiger partial charge in [-0.1, -0.05) is 0 Å². The van der Waals surface area contributed by atoms with Crippen molar-refractivity contribution < 1.29 is 38.3 Å². The van der Waals surface area contributed by atoms with Crippen molar-refractivity contribution in [1.29, 1.82) is 0 Å². The fourth-order valence-corrected chi connectivity index (χ4v) is 7.02. The number of ketones is 1. The second-order valence-electron chi connectivity index (χ2n) is 10.3. The number of hydrogen-bond donors (Lipinski definition) is 3. The van der Waals surface area contributed by atoms with E-state index in [1.165, 1.54) is 0 Å². The number of methoxy groups -OCH3 is 2. The summed E-state index contributed by atoms with van der Waals surface area (Å²) < 4.78 is 37.8. The van der Waals surface area contributed by atoms with Crippen LogP contribution in [0.4, 0.5) is 0 Å². The Morgan fingerprint density at radius 3 is 2.78 bits per heavy atom. The zero-order valence-electron chi connectivity index (χ0n) is 20.6. The van der Waals surface area contributed by atoms with Gasteiger partial charge >= 0.3 is 0 Å². The van der Waals surface area contributed by atoms with Gasteiger partial charge < -0.3 is 39.3 Å². The largest absolute Gasteiger partial charge is 0.506 e. The minimum atomic E-state index is -1.23. The number of nitrogens with two attached hydrogens (primary N) is 1. The Kier molecular flexibility index (Phi) is 4.61. The second-order valence-corrected chi connectivity index (χ2v) is 10.3. The van der Waals surface area contributed by atoms with E-state index in [-0.39, 0.29) is 18.1 Å². The molecule has 5 atom stereocenters. The van der Waals surface area contributed by atoms with E-state index in [1.54, 1.807) is 14.2 Å². The molecule has 1 aliphatic carbocycles. The number of carbonyl (C=O) groups is 1. The highest BCUT2D eigenvalue weighted by molar-refractivity contribution is 6.11. The van der Waals surface area contributed by atoms with Crippen molar-refractivity contribution in [3.05, 3.63) is 28.3 Å². The minimum Gasteiger partial charge on any atom is -0.506 e. The quantitative estimate of drug-likeness (QED) is 0.397. The fourth-order valence-electron chi connectivity index (χ4n) is 7.02. The number of rotatable bonds is 6. The SMILES string of the molecule is COc1c2c(c(O)c3c4c(c(C)cc13)C1OC3(COCCN)OC1C(OC)(O4)C31CN1)C(=O)CCC2. The van der Waals surface area contributed by atoms with Gasteiger partial charge in [-0.3, -0.25) is 10.1 Å². The molecule has 192 valence electrons. The van der Waals surface area contributed by atoms with E-state index < -0.39 is 29.3 Å². The molecule has 3 fully saturated rings. The lowest BCUT2D eigenvalue weighted by Crippen LogP contribution is -2.69. The van der Waals surface area contributed by atoms with Gasteiger partial charge in [0.2, 0.25) is 5.79 Å². The predicted molar refractivity (Wildman–Crippen MR) is 127 cm³/mol. The van der Waals surface area contributed by atoms with Crippen molar-refractivity contribution in [1.82, 2.24) is 5.32 Å². The first-order valence-corrected chi connectivity index (χ1v) is 12.4. The first kappa shape index (κ1) is 22.7. The summed E-state index contributed by atoms with van der Waals surface area (Å²) in [6.07, 6.45) is 0.673. The Hall–Kier alpha value is -2.47. The molecule has 5 unspecified atom stereocenters. The molecule has 0 aromatic heterocycles. The van der Waals surface area contributed by atoms with E-state index in [1.807, 2.05) is 13.0 Å². The zero-order chi connectivity index (χ0) is 25.0. The van der Waals surface area contributed by atoms with Crippen molar-refractivity contribution >= 4 is 16.6 Å². The molecule has 1 spiro atoms. The molecule has 4 heterocycles. The smallest absolute Gasteiger partial charge is 0.264 e. The number of aryl methyl sites for hydroxylation is 1. The molecule has 2 bridgehead atoms. The lowest BCUT2D eigenvalue weighted by molar-refractivity contribution is -0.276. The Balaban J connectivity index is 1.49. The minimum absolute atomic E-state index is 0.0833. The molecule has 0 radical (unpaired) electrons. The molecule has 4 aliphatic heterocycles. The van der Waals surface area contributed by atoms with Crippen LogP contribution in [0.5, 0.6) is 17.2 Å². The van der Waals surface area contributed by atoms with Crippen LogP contribution in [-0.2, 0) is 25.4 Å². The number of ether oxygens (including phenoxy) is 6. The van der Waals surface area contributed by atoms with Gasteiger partial charge in [-0.15, -0.1) is 0 Å². The monoisotopic (exact) mass is 498 g/mol. The van der Waals surface area contributed by atoms with E-state index >= 15 is 0 Å². The fraction of sp³-hybridized carbons (Fsp3) is 0.577. The lowest BCUT2D eigenvalue weighted by Gasteiger charge is -2.49. The van der Waals surface area contributed by atoms with Gasteiger partial charge in [0.1, 0.15) is 30.0 Å². The van der Waals surface area contributed by atoms with Gasteiger partial charge in [0.15, 0.2) is 17.4 Å². The van der Waals surface area contributed by atoms with Crippen molar-refractivity contribution in [2.75, 3.05) is 40.5 Å². The highest BCUT2D eigenvalue weighted by Crippen LogP contribution is 2.68. The molecule has 4 N–H and O–H groups in total. The van der Waals surface area contributed by atoms with Gasteiger partial charge in [0, 0.05) is 43.1 Å². The third-order valence-electron chi connectivity index (χ3n) is 8.59. The van der Waals surface area contributed by atoms with Crippen LogP contribution in [0.15, 0.2) is 6.07 Å². The van der Waals surface area contributed by atoms with Crippen LogP contribution >= 0.6 is 0 Å². The molecule has 0 saturated carbocycles. The molecule has 3 saturated heterocycles. The van der Waals surface area contributed by atoms with Gasteiger partial charge in [0.05, 0.1) is 24.7 Å². The third kappa shape index (κ3) is 2.41. The zero-order valence-corrected chi connectivity index (χ0v) is 20.6. The first-order chi connectivity index (χ1) is 17.4. The molecule has 10 nitrogen and oxygen atoms in total. The Morgan fingerprint density at radius 1 is 1.28 bits per heavy atom. The van der Waals surface area contributed by atoms with Crippen molar-refractivity contribution in [3.63, 3.8) is 0 Å². The van der Waals surface area contributed by atoms with E-state index in [0.29, 0.717) is 60.4 Å². The van der Waals surface area contributed by atoms with Crippen LogP contribution in [0.1, 0.15) is 46.0 Å². The first-order valence-electron chi connectivity index (χ1n) is 12.4. The molecule has 5 aliphatic rings. The van der Waals surface area contributed by atoms with Crippen LogP contribution < -0.4 is 20.5 Å². The maximum atomic E-state index is 12.9. The van der Waals surface area contributed by atoms with E-state index in [0.717, 1.165) is 23.1 Å². The van der Waals surface area contributed by atoms with Crippen LogP contribution in [0.3, 0.4) is 0 Å². The number of phenols is 1. The van der Waals surface area contributed by atoms with Crippen LogP contribution in [0.25, 0.3) is 10.8 Å². The van der Waals surface area contributed by atoms with E-state index in [2.05, 4.69) is 5.32 Å². The van der Waals surface area contributed by atoms with Crippen LogP contribution in [-0.4, -0.2) is 74.6 Å². The van der Waals surface area contributed by atoms with Crippen molar-refractivity contribution in [3.8, 4) is 17.2 Å². The van der Waals surface area contributed by atoms with Gasteiger partial charge in [-0.2, -0.15) is 0 Å². The number of phenolic OH excluding ortho intramolecular Hbond substituents is 1. The number of Topliss-reactive ketones (excluding diaryl/α,β-unsaturated/α-hetero) is 1. The normalized spacial score (nSPS) is 35.2. The topological polar surface area (TPSA) is 141 Å². The van der Waals surface area contributed by atoms with Crippen LogP contribution in [0, 0.1) is 6.92 Å². The van der Waals surface area contributed by atoms with Crippen molar-refractivity contribution in [2.24, 2.45) is 5.73 Å². The van der Waals surface area contributed by atoms with Crippen molar-refractivity contribution in [2.45, 2.75) is 55.5 Å². The summed E-state index contributed by atoms with van der Waals surface area (Å²) in [7, 11) is 3.18. The molecule has 10 heteroatoms.